The Morgan fingerprint density at radius 1 is 1.00 bits per heavy atom. The maximum atomic E-state index is 11.3. The minimum atomic E-state index is -0.626. The molecule has 0 aliphatic carbocycles. The monoisotopic (exact) mass is 303 g/mol. The number of benzene rings is 2. The van der Waals surface area contributed by atoms with Crippen molar-refractivity contribution in [3.05, 3.63) is 64.2 Å². The summed E-state index contributed by atoms with van der Waals surface area (Å²) in [5.41, 5.74) is 12.4. The van der Waals surface area contributed by atoms with E-state index in [2.05, 4.69) is 5.32 Å². The van der Waals surface area contributed by atoms with E-state index in [-0.39, 0.29) is 11.1 Å². The van der Waals surface area contributed by atoms with Crippen molar-refractivity contribution in [3.8, 4) is 0 Å². The topological polar surface area (TPSA) is 98.2 Å². The standard InChI is InChI=1S/C15H14ClN3O2/c16-13-4-2-1-3-9(13)8-19-12-6-10(14(17)20)5-11(7-12)15(18)21/h1-7,19H,8H2,(H2,17,20)(H2,18,21). The number of carbonyl (C=O) groups is 2. The quantitative estimate of drug-likeness (QED) is 0.789. The highest BCUT2D eigenvalue weighted by Crippen LogP contribution is 2.19. The molecule has 2 aromatic carbocycles. The van der Waals surface area contributed by atoms with Gasteiger partial charge in [0.1, 0.15) is 0 Å². The van der Waals surface area contributed by atoms with Gasteiger partial charge in [-0.15, -0.1) is 0 Å². The van der Waals surface area contributed by atoms with E-state index >= 15 is 0 Å². The molecule has 0 saturated carbocycles. The molecular formula is C15H14ClN3O2. The van der Waals surface area contributed by atoms with Gasteiger partial charge in [-0.25, -0.2) is 0 Å². The molecule has 0 bridgehead atoms. The lowest BCUT2D eigenvalue weighted by molar-refractivity contribution is 0.0999. The average Bonchev–Trinajstić information content (AvgIpc) is 2.46. The van der Waals surface area contributed by atoms with E-state index in [0.717, 1.165) is 5.56 Å². The molecule has 0 atom stereocenters. The Bertz CT molecular complexity index is 669. The molecule has 0 aliphatic heterocycles. The fourth-order valence-corrected chi connectivity index (χ4v) is 2.06. The fourth-order valence-electron chi connectivity index (χ4n) is 1.85. The van der Waals surface area contributed by atoms with Crippen LogP contribution in [0.3, 0.4) is 0 Å². The van der Waals surface area contributed by atoms with Crippen molar-refractivity contribution in [1.82, 2.24) is 0 Å². The third-order valence-corrected chi connectivity index (χ3v) is 3.31. The third kappa shape index (κ3) is 3.73. The summed E-state index contributed by atoms with van der Waals surface area (Å²) in [5, 5.41) is 3.72. The van der Waals surface area contributed by atoms with Gasteiger partial charge >= 0.3 is 0 Å². The molecule has 0 heterocycles. The number of primary amides is 2. The van der Waals surface area contributed by atoms with Crippen LogP contribution in [0.25, 0.3) is 0 Å². The Labute approximate surface area is 126 Å². The van der Waals surface area contributed by atoms with Crippen molar-refractivity contribution < 1.29 is 9.59 Å². The first kappa shape index (κ1) is 14.9. The molecule has 2 amide bonds. The first-order valence-electron chi connectivity index (χ1n) is 6.19. The van der Waals surface area contributed by atoms with Gasteiger partial charge in [0.25, 0.3) is 0 Å². The van der Waals surface area contributed by atoms with Crippen LogP contribution in [0.4, 0.5) is 5.69 Å². The number of carbonyl (C=O) groups excluding carboxylic acids is 2. The molecule has 108 valence electrons. The SMILES string of the molecule is NC(=O)c1cc(NCc2ccccc2Cl)cc(C(N)=O)c1. The van der Waals surface area contributed by atoms with Gasteiger partial charge < -0.3 is 16.8 Å². The van der Waals surface area contributed by atoms with Crippen molar-refractivity contribution in [2.45, 2.75) is 6.54 Å². The second-order valence-electron chi connectivity index (χ2n) is 4.47. The molecule has 2 rings (SSSR count). The molecule has 2 aromatic rings. The highest BCUT2D eigenvalue weighted by atomic mass is 35.5. The van der Waals surface area contributed by atoms with E-state index in [1.54, 1.807) is 18.2 Å². The van der Waals surface area contributed by atoms with Gasteiger partial charge in [-0.3, -0.25) is 9.59 Å². The number of hydrogen-bond acceptors (Lipinski definition) is 3. The molecule has 6 heteroatoms. The second-order valence-corrected chi connectivity index (χ2v) is 4.88. The van der Waals surface area contributed by atoms with Crippen LogP contribution >= 0.6 is 11.6 Å². The van der Waals surface area contributed by atoms with Crippen molar-refractivity contribution in [3.63, 3.8) is 0 Å². The predicted molar refractivity (Wildman–Crippen MR) is 82.3 cm³/mol. The van der Waals surface area contributed by atoms with Gasteiger partial charge in [0.05, 0.1) is 0 Å². The van der Waals surface area contributed by atoms with Gasteiger partial charge in [0, 0.05) is 28.4 Å². The summed E-state index contributed by atoms with van der Waals surface area (Å²) in [4.78, 5) is 22.6. The maximum Gasteiger partial charge on any atom is 0.248 e. The Kier molecular flexibility index (Phi) is 4.45. The highest BCUT2D eigenvalue weighted by Gasteiger charge is 2.09. The van der Waals surface area contributed by atoms with Crippen LogP contribution in [0.1, 0.15) is 26.3 Å². The molecule has 0 aliphatic rings. The molecular weight excluding hydrogens is 290 g/mol. The van der Waals surface area contributed by atoms with E-state index in [1.807, 2.05) is 18.2 Å². The molecule has 0 aromatic heterocycles. The van der Waals surface area contributed by atoms with Crippen LogP contribution in [0.15, 0.2) is 42.5 Å². The largest absolute Gasteiger partial charge is 0.381 e. The summed E-state index contributed by atoms with van der Waals surface area (Å²) in [7, 11) is 0. The molecule has 5 nitrogen and oxygen atoms in total. The van der Waals surface area contributed by atoms with Crippen molar-refractivity contribution in [2.75, 3.05) is 5.32 Å². The number of rotatable bonds is 5. The number of hydrogen-bond donors (Lipinski definition) is 3. The summed E-state index contributed by atoms with van der Waals surface area (Å²) < 4.78 is 0. The van der Waals surface area contributed by atoms with Crippen LogP contribution in [0, 0.1) is 0 Å². The Hall–Kier alpha value is -2.53. The van der Waals surface area contributed by atoms with Crippen molar-refractivity contribution in [2.24, 2.45) is 11.5 Å². The molecule has 5 N–H and O–H groups in total. The molecule has 0 unspecified atom stereocenters. The zero-order valence-corrected chi connectivity index (χ0v) is 11.9. The van der Waals surface area contributed by atoms with Crippen LogP contribution in [-0.4, -0.2) is 11.8 Å². The van der Waals surface area contributed by atoms with Gasteiger partial charge in [-0.05, 0) is 29.8 Å². The van der Waals surface area contributed by atoms with E-state index in [9.17, 15) is 9.59 Å². The molecule has 21 heavy (non-hydrogen) atoms. The highest BCUT2D eigenvalue weighted by molar-refractivity contribution is 6.31. The van der Waals surface area contributed by atoms with E-state index < -0.39 is 11.8 Å². The molecule has 0 spiro atoms. The lowest BCUT2D eigenvalue weighted by atomic mass is 10.1. The van der Waals surface area contributed by atoms with Gasteiger partial charge in [-0.1, -0.05) is 29.8 Å². The Morgan fingerprint density at radius 3 is 2.10 bits per heavy atom. The number of nitrogens with two attached hydrogens (primary N) is 2. The summed E-state index contributed by atoms with van der Waals surface area (Å²) in [6.45, 7) is 0.445. The zero-order chi connectivity index (χ0) is 15.4. The lowest BCUT2D eigenvalue weighted by Gasteiger charge is -2.10. The van der Waals surface area contributed by atoms with Crippen LogP contribution in [0.5, 0.6) is 0 Å². The van der Waals surface area contributed by atoms with Crippen LogP contribution < -0.4 is 16.8 Å². The first-order chi connectivity index (χ1) is 9.97. The summed E-state index contributed by atoms with van der Waals surface area (Å²) in [6, 6.07) is 11.9. The minimum Gasteiger partial charge on any atom is -0.381 e. The summed E-state index contributed by atoms with van der Waals surface area (Å²) in [5.74, 6) is -1.25. The van der Waals surface area contributed by atoms with Crippen LogP contribution in [0.2, 0.25) is 5.02 Å². The molecule has 0 fully saturated rings. The number of anilines is 1. The summed E-state index contributed by atoms with van der Waals surface area (Å²) in [6.07, 6.45) is 0. The number of nitrogens with one attached hydrogen (secondary N) is 1. The predicted octanol–water partition coefficient (Wildman–Crippen LogP) is 2.15. The third-order valence-electron chi connectivity index (χ3n) is 2.94. The Balaban J connectivity index is 2.25. The minimum absolute atomic E-state index is 0.216. The summed E-state index contributed by atoms with van der Waals surface area (Å²) >= 11 is 6.07. The van der Waals surface area contributed by atoms with Crippen molar-refractivity contribution >= 4 is 29.1 Å². The zero-order valence-electron chi connectivity index (χ0n) is 11.1. The normalized spacial score (nSPS) is 10.1. The molecule has 0 radical (unpaired) electrons. The van der Waals surface area contributed by atoms with E-state index in [1.165, 1.54) is 6.07 Å². The first-order valence-corrected chi connectivity index (χ1v) is 6.57. The van der Waals surface area contributed by atoms with Gasteiger partial charge in [0.15, 0.2) is 0 Å². The average molecular weight is 304 g/mol. The Morgan fingerprint density at radius 2 is 1.57 bits per heavy atom. The van der Waals surface area contributed by atoms with Crippen molar-refractivity contribution in [1.29, 1.82) is 0 Å². The van der Waals surface area contributed by atoms with Crippen LogP contribution in [-0.2, 0) is 6.54 Å². The second kappa shape index (κ2) is 6.28. The molecule has 0 saturated heterocycles. The van der Waals surface area contributed by atoms with E-state index in [0.29, 0.717) is 17.3 Å². The van der Waals surface area contributed by atoms with Gasteiger partial charge in [0.2, 0.25) is 11.8 Å². The van der Waals surface area contributed by atoms with E-state index in [4.69, 9.17) is 23.1 Å². The smallest absolute Gasteiger partial charge is 0.248 e. The van der Waals surface area contributed by atoms with Gasteiger partial charge in [-0.2, -0.15) is 0 Å². The fraction of sp³-hybridized carbons (Fsp3) is 0.0667. The number of amides is 2. The number of halogens is 1. The maximum absolute atomic E-state index is 11.3. The lowest BCUT2D eigenvalue weighted by Crippen LogP contribution is -2.16.